The molecule has 1 aliphatic rings. The van der Waals surface area contributed by atoms with Crippen molar-refractivity contribution in [3.8, 4) is 0 Å². The first-order valence-corrected chi connectivity index (χ1v) is 8.18. The topological polar surface area (TPSA) is 69.6 Å². The highest BCUT2D eigenvalue weighted by Crippen LogP contribution is 2.52. The molecule has 1 heterocycles. The van der Waals surface area contributed by atoms with E-state index in [1.54, 1.807) is 18.2 Å². The maximum Gasteiger partial charge on any atom is 0.335 e. The first-order valence-electron chi connectivity index (χ1n) is 7.38. The van der Waals surface area contributed by atoms with Crippen molar-refractivity contribution >= 4 is 27.6 Å². The second kappa shape index (κ2) is 5.65. The number of anilines is 1. The van der Waals surface area contributed by atoms with E-state index in [2.05, 4.69) is 21.2 Å². The summed E-state index contributed by atoms with van der Waals surface area (Å²) in [5, 5.41) is 23.5. The van der Waals surface area contributed by atoms with E-state index in [1.807, 2.05) is 38.1 Å². The molecular weight excluding hydrogens is 358 g/mol. The normalized spacial score (nSPS) is 22.1. The number of carboxylic acid groups (broad SMARTS) is 1. The highest BCUT2D eigenvalue weighted by molar-refractivity contribution is 9.10. The first-order chi connectivity index (χ1) is 10.8. The molecule has 1 aliphatic heterocycles. The van der Waals surface area contributed by atoms with E-state index in [0.717, 1.165) is 15.7 Å². The number of aliphatic hydroxyl groups is 1. The monoisotopic (exact) mass is 375 g/mol. The molecule has 0 spiro atoms. The molecule has 2 unspecified atom stereocenters. The summed E-state index contributed by atoms with van der Waals surface area (Å²) in [5.74, 6) is -0.995. The molecule has 23 heavy (non-hydrogen) atoms. The molecule has 4 nitrogen and oxygen atoms in total. The van der Waals surface area contributed by atoms with Crippen molar-refractivity contribution in [2.45, 2.75) is 26.0 Å². The van der Waals surface area contributed by atoms with Gasteiger partial charge in [0.1, 0.15) is 0 Å². The van der Waals surface area contributed by atoms with Crippen LogP contribution < -0.4 is 5.32 Å². The van der Waals surface area contributed by atoms with Crippen molar-refractivity contribution in [1.82, 2.24) is 0 Å². The van der Waals surface area contributed by atoms with E-state index in [1.165, 1.54) is 0 Å². The lowest BCUT2D eigenvalue weighted by Gasteiger charge is -2.45. The van der Waals surface area contributed by atoms with Gasteiger partial charge in [-0.25, -0.2) is 4.79 Å². The van der Waals surface area contributed by atoms with Crippen LogP contribution in [-0.2, 0) is 0 Å². The standard InChI is InChI=1S/C18H18BrNO3/c1-18(2)15(11-5-3-4-6-13(11)19)20-14-8-7-10(17(22)23)9-12(14)16(18)21/h3-9,15-16,20-21H,1-2H3,(H,22,23). The molecule has 0 amide bonds. The predicted octanol–water partition coefficient (Wildman–Crippen LogP) is 4.37. The van der Waals surface area contributed by atoms with Crippen LogP contribution in [0.5, 0.6) is 0 Å². The molecular formula is C18H18BrNO3. The van der Waals surface area contributed by atoms with E-state index in [9.17, 15) is 9.90 Å². The number of benzene rings is 2. The SMILES string of the molecule is CC1(C)C(O)c2cc(C(=O)O)ccc2NC1c1ccccc1Br. The molecule has 120 valence electrons. The van der Waals surface area contributed by atoms with Gasteiger partial charge < -0.3 is 15.5 Å². The Hall–Kier alpha value is -1.85. The Morgan fingerprint density at radius 1 is 1.17 bits per heavy atom. The lowest BCUT2D eigenvalue weighted by Crippen LogP contribution is -2.39. The molecule has 5 heteroatoms. The van der Waals surface area contributed by atoms with Crippen LogP contribution >= 0.6 is 15.9 Å². The van der Waals surface area contributed by atoms with Crippen LogP contribution in [0.15, 0.2) is 46.9 Å². The smallest absolute Gasteiger partial charge is 0.335 e. The molecule has 0 aromatic heterocycles. The summed E-state index contributed by atoms with van der Waals surface area (Å²) in [4.78, 5) is 11.2. The average Bonchev–Trinajstić information content (AvgIpc) is 2.51. The number of hydrogen-bond acceptors (Lipinski definition) is 3. The van der Waals surface area contributed by atoms with Gasteiger partial charge in [-0.3, -0.25) is 0 Å². The molecule has 2 aromatic carbocycles. The molecule has 2 aromatic rings. The Kier molecular flexibility index (Phi) is 3.94. The number of halogens is 1. The summed E-state index contributed by atoms with van der Waals surface area (Å²) in [5.41, 5.74) is 2.12. The number of nitrogens with one attached hydrogen (secondary N) is 1. The molecule has 0 fully saturated rings. The van der Waals surface area contributed by atoms with E-state index in [-0.39, 0.29) is 11.6 Å². The Labute approximate surface area is 143 Å². The predicted molar refractivity (Wildman–Crippen MR) is 92.6 cm³/mol. The average molecular weight is 376 g/mol. The molecule has 0 bridgehead atoms. The van der Waals surface area contributed by atoms with Crippen molar-refractivity contribution in [2.75, 3.05) is 5.32 Å². The molecule has 0 saturated heterocycles. The molecule has 0 aliphatic carbocycles. The van der Waals surface area contributed by atoms with Crippen LogP contribution in [0.1, 0.15) is 47.5 Å². The number of aromatic carboxylic acids is 1. The first kappa shape index (κ1) is 16.0. The minimum Gasteiger partial charge on any atom is -0.478 e. The van der Waals surface area contributed by atoms with Gasteiger partial charge in [0.05, 0.1) is 17.7 Å². The minimum atomic E-state index is -0.995. The number of rotatable bonds is 2. The van der Waals surface area contributed by atoms with E-state index < -0.39 is 17.5 Å². The van der Waals surface area contributed by atoms with Crippen LogP contribution in [-0.4, -0.2) is 16.2 Å². The third kappa shape index (κ3) is 2.64. The van der Waals surface area contributed by atoms with Gasteiger partial charge in [-0.1, -0.05) is 48.0 Å². The highest BCUT2D eigenvalue weighted by Gasteiger charge is 2.43. The third-order valence-electron chi connectivity index (χ3n) is 4.56. The quantitative estimate of drug-likeness (QED) is 0.728. The van der Waals surface area contributed by atoms with Crippen molar-refractivity contribution in [3.63, 3.8) is 0 Å². The van der Waals surface area contributed by atoms with Gasteiger partial charge in [0.15, 0.2) is 0 Å². The highest BCUT2D eigenvalue weighted by atomic mass is 79.9. The summed E-state index contributed by atoms with van der Waals surface area (Å²) >= 11 is 3.57. The number of fused-ring (bicyclic) bond motifs is 1. The number of carboxylic acids is 1. The minimum absolute atomic E-state index is 0.101. The fraction of sp³-hybridized carbons (Fsp3) is 0.278. The summed E-state index contributed by atoms with van der Waals surface area (Å²) in [6.07, 6.45) is -0.768. The fourth-order valence-corrected chi connectivity index (χ4v) is 3.66. The number of carbonyl (C=O) groups is 1. The van der Waals surface area contributed by atoms with Crippen LogP contribution in [0.3, 0.4) is 0 Å². The van der Waals surface area contributed by atoms with Gasteiger partial charge >= 0.3 is 5.97 Å². The zero-order valence-electron chi connectivity index (χ0n) is 12.9. The van der Waals surface area contributed by atoms with Crippen LogP contribution in [0, 0.1) is 5.41 Å². The Morgan fingerprint density at radius 3 is 2.52 bits per heavy atom. The second-order valence-electron chi connectivity index (χ2n) is 6.43. The maximum atomic E-state index is 11.2. The second-order valence-corrected chi connectivity index (χ2v) is 7.28. The van der Waals surface area contributed by atoms with E-state index >= 15 is 0 Å². The fourth-order valence-electron chi connectivity index (χ4n) is 3.14. The van der Waals surface area contributed by atoms with Gasteiger partial charge in [0, 0.05) is 21.1 Å². The molecule has 3 rings (SSSR count). The van der Waals surface area contributed by atoms with Crippen LogP contribution in [0.25, 0.3) is 0 Å². The van der Waals surface area contributed by atoms with Gasteiger partial charge in [-0.2, -0.15) is 0 Å². The molecule has 0 radical (unpaired) electrons. The van der Waals surface area contributed by atoms with Gasteiger partial charge in [0.25, 0.3) is 0 Å². The Morgan fingerprint density at radius 2 is 1.87 bits per heavy atom. The lowest BCUT2D eigenvalue weighted by atomic mass is 9.70. The zero-order valence-corrected chi connectivity index (χ0v) is 14.5. The summed E-state index contributed by atoms with van der Waals surface area (Å²) < 4.78 is 0.975. The third-order valence-corrected chi connectivity index (χ3v) is 5.28. The van der Waals surface area contributed by atoms with Gasteiger partial charge in [-0.15, -0.1) is 0 Å². The van der Waals surface area contributed by atoms with Crippen molar-refractivity contribution in [1.29, 1.82) is 0 Å². The lowest BCUT2D eigenvalue weighted by molar-refractivity contribution is 0.0287. The molecule has 2 atom stereocenters. The molecule has 3 N–H and O–H groups in total. The van der Waals surface area contributed by atoms with Crippen molar-refractivity contribution < 1.29 is 15.0 Å². The summed E-state index contributed by atoms with van der Waals surface area (Å²) in [6, 6.07) is 12.6. The van der Waals surface area contributed by atoms with E-state index in [0.29, 0.717) is 5.56 Å². The van der Waals surface area contributed by atoms with Crippen LogP contribution in [0.2, 0.25) is 0 Å². The molecule has 0 saturated carbocycles. The summed E-state index contributed by atoms with van der Waals surface area (Å²) in [7, 11) is 0. The number of aliphatic hydroxyl groups excluding tert-OH is 1. The Balaban J connectivity index is 2.11. The van der Waals surface area contributed by atoms with Crippen molar-refractivity contribution in [2.24, 2.45) is 5.41 Å². The van der Waals surface area contributed by atoms with Gasteiger partial charge in [-0.05, 0) is 29.8 Å². The summed E-state index contributed by atoms with van der Waals surface area (Å²) in [6.45, 7) is 3.95. The Bertz CT molecular complexity index is 773. The number of hydrogen-bond donors (Lipinski definition) is 3. The van der Waals surface area contributed by atoms with Gasteiger partial charge in [0.2, 0.25) is 0 Å². The van der Waals surface area contributed by atoms with Crippen molar-refractivity contribution in [3.05, 3.63) is 63.6 Å². The zero-order chi connectivity index (χ0) is 16.8. The maximum absolute atomic E-state index is 11.2. The largest absolute Gasteiger partial charge is 0.478 e. The van der Waals surface area contributed by atoms with Crippen LogP contribution in [0.4, 0.5) is 5.69 Å². The van der Waals surface area contributed by atoms with E-state index in [4.69, 9.17) is 5.11 Å².